The summed E-state index contributed by atoms with van der Waals surface area (Å²) in [5.74, 6) is 0.954. The number of likely N-dealkylation sites (tertiary alicyclic amines) is 1. The Hall–Kier alpha value is -0.860. The van der Waals surface area contributed by atoms with Gasteiger partial charge in [-0.2, -0.15) is 0 Å². The van der Waals surface area contributed by atoms with Gasteiger partial charge in [0.2, 0.25) is 0 Å². The molecule has 2 heteroatoms. The van der Waals surface area contributed by atoms with Crippen molar-refractivity contribution in [2.45, 2.75) is 52.0 Å². The minimum atomic E-state index is 0.534. The Kier molecular flexibility index (Phi) is 7.25. The van der Waals surface area contributed by atoms with Gasteiger partial charge in [-0.05, 0) is 50.4 Å². The number of nitrogens with one attached hydrogen (secondary N) is 1. The zero-order valence-corrected chi connectivity index (χ0v) is 13.9. The second-order valence-corrected chi connectivity index (χ2v) is 6.36. The fourth-order valence-electron chi connectivity index (χ4n) is 3.61. The smallest absolute Gasteiger partial charge is 0.0472 e. The van der Waals surface area contributed by atoms with Crippen LogP contribution in [0.3, 0.4) is 0 Å². The molecule has 0 saturated carbocycles. The maximum atomic E-state index is 3.56. The minimum Gasteiger partial charge on any atom is -0.315 e. The van der Waals surface area contributed by atoms with Crippen LogP contribution in [0.15, 0.2) is 30.3 Å². The molecule has 0 radical (unpaired) electrons. The van der Waals surface area contributed by atoms with Crippen LogP contribution in [-0.4, -0.2) is 31.1 Å². The second kappa shape index (κ2) is 9.22. The molecule has 0 spiro atoms. The van der Waals surface area contributed by atoms with E-state index in [9.17, 15) is 0 Å². The molecule has 1 fully saturated rings. The van der Waals surface area contributed by atoms with Crippen LogP contribution < -0.4 is 5.32 Å². The fraction of sp³-hybridized carbons (Fsp3) is 0.684. The number of hydrogen-bond donors (Lipinski definition) is 1. The third kappa shape index (κ3) is 5.12. The average Bonchev–Trinajstić information content (AvgIpc) is 2.75. The Bertz CT molecular complexity index is 376. The van der Waals surface area contributed by atoms with E-state index in [1.165, 1.54) is 50.8 Å². The van der Waals surface area contributed by atoms with E-state index in [1.54, 1.807) is 0 Å². The molecule has 2 nitrogen and oxygen atoms in total. The molecule has 2 rings (SSSR count). The van der Waals surface area contributed by atoms with Crippen LogP contribution in [0.1, 0.15) is 57.6 Å². The number of nitrogens with zero attached hydrogens (tertiary/aromatic N) is 1. The van der Waals surface area contributed by atoms with Crippen molar-refractivity contribution in [1.29, 1.82) is 0 Å². The van der Waals surface area contributed by atoms with Crippen LogP contribution >= 0.6 is 0 Å². The molecule has 0 aliphatic carbocycles. The summed E-state index contributed by atoms with van der Waals surface area (Å²) in [5, 5.41) is 3.56. The van der Waals surface area contributed by atoms with Crippen molar-refractivity contribution in [2.75, 3.05) is 26.2 Å². The predicted octanol–water partition coefficient (Wildman–Crippen LogP) is 4.24. The van der Waals surface area contributed by atoms with Crippen molar-refractivity contribution >= 4 is 0 Å². The van der Waals surface area contributed by atoms with Crippen LogP contribution in [0.25, 0.3) is 0 Å². The highest BCUT2D eigenvalue weighted by Gasteiger charge is 2.23. The van der Waals surface area contributed by atoms with Crippen molar-refractivity contribution in [3.05, 3.63) is 35.9 Å². The molecule has 0 bridgehead atoms. The summed E-state index contributed by atoms with van der Waals surface area (Å²) >= 11 is 0. The highest BCUT2D eigenvalue weighted by Crippen LogP contribution is 2.27. The number of hydrogen-bond acceptors (Lipinski definition) is 2. The zero-order chi connectivity index (χ0) is 14.9. The Morgan fingerprint density at radius 2 is 1.95 bits per heavy atom. The standard InChI is InChI=1S/C19H32N2/c1-3-9-17-10-8-14-21(15-13-17)19(16-20-4-2)18-11-6-5-7-12-18/h5-7,11-12,17,19-20H,3-4,8-10,13-16H2,1-2H3. The summed E-state index contributed by atoms with van der Waals surface area (Å²) in [4.78, 5) is 2.72. The van der Waals surface area contributed by atoms with Crippen molar-refractivity contribution < 1.29 is 0 Å². The Labute approximate surface area is 130 Å². The first kappa shape index (κ1) is 16.5. The molecule has 118 valence electrons. The van der Waals surface area contributed by atoms with Crippen molar-refractivity contribution in [3.63, 3.8) is 0 Å². The van der Waals surface area contributed by atoms with Crippen LogP contribution in [0, 0.1) is 5.92 Å². The van der Waals surface area contributed by atoms with Crippen LogP contribution in [-0.2, 0) is 0 Å². The molecular weight excluding hydrogens is 256 g/mol. The molecule has 1 aromatic rings. The van der Waals surface area contributed by atoms with Gasteiger partial charge in [-0.15, -0.1) is 0 Å². The fourth-order valence-corrected chi connectivity index (χ4v) is 3.61. The highest BCUT2D eigenvalue weighted by molar-refractivity contribution is 5.19. The van der Waals surface area contributed by atoms with Gasteiger partial charge in [-0.25, -0.2) is 0 Å². The summed E-state index contributed by atoms with van der Waals surface area (Å²) in [6.07, 6.45) is 6.91. The lowest BCUT2D eigenvalue weighted by atomic mass is 9.96. The lowest BCUT2D eigenvalue weighted by molar-refractivity contribution is 0.197. The van der Waals surface area contributed by atoms with E-state index < -0.39 is 0 Å². The molecule has 1 saturated heterocycles. The molecule has 1 aliphatic heterocycles. The van der Waals surface area contributed by atoms with E-state index in [0.717, 1.165) is 19.0 Å². The summed E-state index contributed by atoms with van der Waals surface area (Å²) in [6, 6.07) is 11.6. The molecule has 1 N–H and O–H groups in total. The van der Waals surface area contributed by atoms with E-state index in [4.69, 9.17) is 0 Å². The van der Waals surface area contributed by atoms with E-state index in [2.05, 4.69) is 54.4 Å². The molecule has 1 aliphatic rings. The molecule has 2 atom stereocenters. The molecule has 2 unspecified atom stereocenters. The average molecular weight is 288 g/mol. The molecule has 1 heterocycles. The monoisotopic (exact) mass is 288 g/mol. The molecular formula is C19H32N2. The maximum Gasteiger partial charge on any atom is 0.0472 e. The Balaban J connectivity index is 2.02. The van der Waals surface area contributed by atoms with E-state index >= 15 is 0 Å². The van der Waals surface area contributed by atoms with Crippen molar-refractivity contribution in [2.24, 2.45) is 5.92 Å². The van der Waals surface area contributed by atoms with Crippen LogP contribution in [0.2, 0.25) is 0 Å². The SMILES string of the molecule is CCCC1CCCN(C(CNCC)c2ccccc2)CC1. The Morgan fingerprint density at radius 3 is 2.67 bits per heavy atom. The summed E-state index contributed by atoms with van der Waals surface area (Å²) in [5.41, 5.74) is 1.47. The first-order chi connectivity index (χ1) is 10.3. The second-order valence-electron chi connectivity index (χ2n) is 6.36. The van der Waals surface area contributed by atoms with Gasteiger partial charge in [0.1, 0.15) is 0 Å². The quantitative estimate of drug-likeness (QED) is 0.807. The van der Waals surface area contributed by atoms with Gasteiger partial charge in [0, 0.05) is 12.6 Å². The Morgan fingerprint density at radius 1 is 1.14 bits per heavy atom. The molecule has 1 aromatic carbocycles. The van der Waals surface area contributed by atoms with Crippen molar-refractivity contribution in [3.8, 4) is 0 Å². The van der Waals surface area contributed by atoms with E-state index in [1.807, 2.05) is 0 Å². The highest BCUT2D eigenvalue weighted by atomic mass is 15.2. The first-order valence-corrected chi connectivity index (χ1v) is 8.84. The molecule has 21 heavy (non-hydrogen) atoms. The van der Waals surface area contributed by atoms with Gasteiger partial charge in [-0.1, -0.05) is 57.0 Å². The molecule has 0 amide bonds. The summed E-state index contributed by atoms with van der Waals surface area (Å²) < 4.78 is 0. The third-order valence-corrected chi connectivity index (χ3v) is 4.79. The number of benzene rings is 1. The van der Waals surface area contributed by atoms with Crippen molar-refractivity contribution in [1.82, 2.24) is 10.2 Å². The van der Waals surface area contributed by atoms with E-state index in [0.29, 0.717) is 6.04 Å². The predicted molar refractivity (Wildman–Crippen MR) is 91.5 cm³/mol. The van der Waals surface area contributed by atoms with Gasteiger partial charge < -0.3 is 5.32 Å². The summed E-state index contributed by atoms with van der Waals surface area (Å²) in [7, 11) is 0. The minimum absolute atomic E-state index is 0.534. The third-order valence-electron chi connectivity index (χ3n) is 4.79. The first-order valence-electron chi connectivity index (χ1n) is 8.84. The number of rotatable bonds is 7. The zero-order valence-electron chi connectivity index (χ0n) is 13.9. The topological polar surface area (TPSA) is 15.3 Å². The maximum absolute atomic E-state index is 3.56. The molecule has 0 aromatic heterocycles. The lowest BCUT2D eigenvalue weighted by Gasteiger charge is -2.31. The van der Waals surface area contributed by atoms with Crippen LogP contribution in [0.4, 0.5) is 0 Å². The van der Waals surface area contributed by atoms with Crippen LogP contribution in [0.5, 0.6) is 0 Å². The van der Waals surface area contributed by atoms with E-state index in [-0.39, 0.29) is 0 Å². The van der Waals surface area contributed by atoms with Gasteiger partial charge >= 0.3 is 0 Å². The van der Waals surface area contributed by atoms with Gasteiger partial charge in [0.05, 0.1) is 0 Å². The van der Waals surface area contributed by atoms with Gasteiger partial charge in [0.25, 0.3) is 0 Å². The largest absolute Gasteiger partial charge is 0.315 e. The summed E-state index contributed by atoms with van der Waals surface area (Å²) in [6.45, 7) is 9.15. The van der Waals surface area contributed by atoms with Gasteiger partial charge in [-0.3, -0.25) is 4.90 Å². The number of likely N-dealkylation sites (N-methyl/N-ethyl adjacent to an activating group) is 1. The lowest BCUT2D eigenvalue weighted by Crippen LogP contribution is -2.36. The normalized spacial score (nSPS) is 21.9. The van der Waals surface area contributed by atoms with Gasteiger partial charge in [0.15, 0.2) is 0 Å².